The zero-order valence-electron chi connectivity index (χ0n) is 11.2. The number of carbonyl (C=O) groups excluding carboxylic acids is 1. The number of amides is 2. The molecule has 6 nitrogen and oxygen atoms in total. The number of likely N-dealkylation sites (tertiary alicyclic amines) is 1. The van der Waals surface area contributed by atoms with Gasteiger partial charge in [0.25, 0.3) is 0 Å². The normalized spacial score (nSPS) is 17.6. The van der Waals surface area contributed by atoms with Crippen LogP contribution in [0.1, 0.15) is 33.6 Å². The Balaban J connectivity index is 2.30. The number of hydrogen-bond donors (Lipinski definition) is 2. The van der Waals surface area contributed by atoms with Crippen molar-refractivity contribution in [2.45, 2.75) is 33.6 Å². The van der Waals surface area contributed by atoms with Crippen molar-refractivity contribution in [3.63, 3.8) is 0 Å². The second-order valence-electron chi connectivity index (χ2n) is 5.72. The zero-order valence-corrected chi connectivity index (χ0v) is 11.2. The molecule has 2 amide bonds. The third kappa shape index (κ3) is 4.52. The molecule has 0 aromatic rings. The van der Waals surface area contributed by atoms with Crippen LogP contribution in [-0.4, -0.2) is 41.7 Å². The average Bonchev–Trinajstić information content (AvgIpc) is 2.27. The molecule has 104 valence electrons. The summed E-state index contributed by atoms with van der Waals surface area (Å²) in [7, 11) is 0. The number of nitrogens with one attached hydrogen (secondary N) is 1. The topological polar surface area (TPSA) is 78.9 Å². The van der Waals surface area contributed by atoms with Gasteiger partial charge in [0.1, 0.15) is 0 Å². The summed E-state index contributed by atoms with van der Waals surface area (Å²) >= 11 is 0. The molecule has 1 heterocycles. The van der Waals surface area contributed by atoms with E-state index in [1.54, 1.807) is 4.90 Å². The van der Waals surface area contributed by atoms with Crippen LogP contribution in [0.3, 0.4) is 0 Å². The average molecular weight is 258 g/mol. The number of urea groups is 1. The van der Waals surface area contributed by atoms with Crippen molar-refractivity contribution in [3.05, 3.63) is 0 Å². The first-order chi connectivity index (χ1) is 8.30. The summed E-state index contributed by atoms with van der Waals surface area (Å²) in [4.78, 5) is 28.1. The second-order valence-corrected chi connectivity index (χ2v) is 5.72. The van der Waals surface area contributed by atoms with Crippen LogP contribution in [0.5, 0.6) is 0 Å². The summed E-state index contributed by atoms with van der Waals surface area (Å²) in [5.74, 6) is -0.497. The van der Waals surface area contributed by atoms with E-state index in [2.05, 4.69) is 31.1 Å². The molecule has 18 heavy (non-hydrogen) atoms. The molecule has 0 saturated carbocycles. The maximum atomic E-state index is 11.6. The molecule has 0 aliphatic carbocycles. The van der Waals surface area contributed by atoms with E-state index in [1.807, 2.05) is 0 Å². The number of carbonyl (C=O) groups is 2. The van der Waals surface area contributed by atoms with Crippen molar-refractivity contribution in [3.8, 4) is 0 Å². The van der Waals surface area contributed by atoms with E-state index in [-0.39, 0.29) is 11.4 Å². The summed E-state index contributed by atoms with van der Waals surface area (Å²) in [6.07, 6.45) is 1.94. The molecule has 6 heteroatoms. The predicted octanol–water partition coefficient (Wildman–Crippen LogP) is 1.47. The Hall–Kier alpha value is -1.30. The lowest BCUT2D eigenvalue weighted by molar-refractivity contribution is -0.144. The van der Waals surface area contributed by atoms with Gasteiger partial charge >= 0.3 is 12.0 Å². The highest BCUT2D eigenvalue weighted by Crippen LogP contribution is 2.34. The van der Waals surface area contributed by atoms with E-state index in [1.165, 1.54) is 0 Å². The van der Waals surface area contributed by atoms with Gasteiger partial charge in [-0.1, -0.05) is 20.8 Å². The van der Waals surface area contributed by atoms with E-state index in [4.69, 9.17) is 5.11 Å². The number of carboxylic acid groups (broad SMARTS) is 1. The number of hydroxylamine groups is 1. The SMILES string of the molecule is CC(C)(C)C1CCN(C(=O)NOCC(=O)O)CC1. The van der Waals surface area contributed by atoms with Crippen LogP contribution in [0, 0.1) is 11.3 Å². The minimum Gasteiger partial charge on any atom is -0.479 e. The van der Waals surface area contributed by atoms with Gasteiger partial charge in [-0.15, -0.1) is 0 Å². The monoisotopic (exact) mass is 258 g/mol. The van der Waals surface area contributed by atoms with Crippen molar-refractivity contribution in [2.75, 3.05) is 19.7 Å². The maximum Gasteiger partial charge on any atom is 0.341 e. The van der Waals surface area contributed by atoms with E-state index < -0.39 is 12.6 Å². The highest BCUT2D eigenvalue weighted by atomic mass is 16.7. The highest BCUT2D eigenvalue weighted by Gasteiger charge is 2.30. The van der Waals surface area contributed by atoms with Gasteiger partial charge in [-0.2, -0.15) is 0 Å². The van der Waals surface area contributed by atoms with Crippen LogP contribution in [0.4, 0.5) is 4.79 Å². The Morgan fingerprint density at radius 3 is 2.33 bits per heavy atom. The van der Waals surface area contributed by atoms with E-state index >= 15 is 0 Å². The maximum absolute atomic E-state index is 11.6. The molecule has 1 aliphatic rings. The molecular weight excluding hydrogens is 236 g/mol. The van der Waals surface area contributed by atoms with Crippen LogP contribution in [0.25, 0.3) is 0 Å². The van der Waals surface area contributed by atoms with Crippen LogP contribution in [-0.2, 0) is 9.63 Å². The molecule has 2 N–H and O–H groups in total. The lowest BCUT2D eigenvalue weighted by Gasteiger charge is -2.38. The summed E-state index contributed by atoms with van der Waals surface area (Å²) in [5.41, 5.74) is 2.41. The van der Waals surface area contributed by atoms with E-state index in [0.29, 0.717) is 19.0 Å². The van der Waals surface area contributed by atoms with Crippen molar-refractivity contribution in [1.82, 2.24) is 10.4 Å². The molecule has 0 spiro atoms. The fourth-order valence-electron chi connectivity index (χ4n) is 2.17. The quantitative estimate of drug-likeness (QED) is 0.751. The molecule has 0 aromatic carbocycles. The van der Waals surface area contributed by atoms with Crippen LogP contribution >= 0.6 is 0 Å². The lowest BCUT2D eigenvalue weighted by atomic mass is 9.75. The molecule has 1 fully saturated rings. The first-order valence-electron chi connectivity index (χ1n) is 6.19. The van der Waals surface area contributed by atoms with E-state index in [9.17, 15) is 9.59 Å². The first-order valence-corrected chi connectivity index (χ1v) is 6.19. The number of hydrogen-bond acceptors (Lipinski definition) is 3. The highest BCUT2D eigenvalue weighted by molar-refractivity contribution is 5.73. The fraction of sp³-hybridized carbons (Fsp3) is 0.833. The largest absolute Gasteiger partial charge is 0.479 e. The van der Waals surface area contributed by atoms with Crippen molar-refractivity contribution in [1.29, 1.82) is 0 Å². The summed E-state index contributed by atoms with van der Waals surface area (Å²) in [6, 6.07) is -0.358. The summed E-state index contributed by atoms with van der Waals surface area (Å²) in [5, 5.41) is 8.37. The third-order valence-electron chi connectivity index (χ3n) is 3.36. The molecule has 1 aliphatic heterocycles. The number of rotatable bonds is 3. The molecule has 1 saturated heterocycles. The number of aliphatic carboxylic acids is 1. The number of carboxylic acids is 1. The molecule has 0 bridgehead atoms. The van der Waals surface area contributed by atoms with Crippen molar-refractivity contribution >= 4 is 12.0 Å². The van der Waals surface area contributed by atoms with Gasteiger partial charge in [-0.3, -0.25) is 4.84 Å². The smallest absolute Gasteiger partial charge is 0.341 e. The Labute approximate surface area is 107 Å². The minimum atomic E-state index is -1.11. The molecule has 1 rings (SSSR count). The Morgan fingerprint density at radius 2 is 1.89 bits per heavy atom. The van der Waals surface area contributed by atoms with Gasteiger partial charge in [0.05, 0.1) is 0 Å². The molecule has 0 unspecified atom stereocenters. The Kier molecular flexibility index (Phi) is 4.95. The zero-order chi connectivity index (χ0) is 13.8. The van der Waals surface area contributed by atoms with Crippen molar-refractivity contribution in [2.24, 2.45) is 11.3 Å². The molecule has 0 radical (unpaired) electrons. The van der Waals surface area contributed by atoms with Gasteiger partial charge in [0, 0.05) is 13.1 Å². The standard InChI is InChI=1S/C12H22N2O4/c1-12(2,3)9-4-6-14(7-5-9)11(17)13-18-8-10(15)16/h9H,4-8H2,1-3H3,(H,13,17)(H,15,16). The second kappa shape index (κ2) is 6.04. The van der Waals surface area contributed by atoms with Crippen LogP contribution < -0.4 is 5.48 Å². The van der Waals surface area contributed by atoms with Gasteiger partial charge < -0.3 is 10.0 Å². The first kappa shape index (κ1) is 14.8. The fourth-order valence-corrected chi connectivity index (χ4v) is 2.17. The predicted molar refractivity (Wildman–Crippen MR) is 65.9 cm³/mol. The lowest BCUT2D eigenvalue weighted by Crippen LogP contribution is -2.46. The molecular formula is C12H22N2O4. The van der Waals surface area contributed by atoms with Gasteiger partial charge in [-0.25, -0.2) is 15.1 Å². The van der Waals surface area contributed by atoms with Crippen LogP contribution in [0.15, 0.2) is 0 Å². The van der Waals surface area contributed by atoms with E-state index in [0.717, 1.165) is 12.8 Å². The van der Waals surface area contributed by atoms with Gasteiger partial charge in [0.2, 0.25) is 0 Å². The summed E-state index contributed by atoms with van der Waals surface area (Å²) in [6.45, 7) is 7.48. The summed E-state index contributed by atoms with van der Waals surface area (Å²) < 4.78 is 0. The minimum absolute atomic E-state index is 0.266. The van der Waals surface area contributed by atoms with Gasteiger partial charge in [-0.05, 0) is 24.2 Å². The molecule has 0 aromatic heterocycles. The Morgan fingerprint density at radius 1 is 1.33 bits per heavy atom. The number of piperidine rings is 1. The molecule has 0 atom stereocenters. The van der Waals surface area contributed by atoms with Crippen LogP contribution in [0.2, 0.25) is 0 Å². The number of nitrogens with zero attached hydrogens (tertiary/aromatic N) is 1. The Bertz CT molecular complexity index is 304. The third-order valence-corrected chi connectivity index (χ3v) is 3.36. The van der Waals surface area contributed by atoms with Crippen molar-refractivity contribution < 1.29 is 19.5 Å². The van der Waals surface area contributed by atoms with Gasteiger partial charge in [0.15, 0.2) is 6.61 Å².